The molecule has 1 fully saturated rings. The fourth-order valence-corrected chi connectivity index (χ4v) is 3.33. The van der Waals surface area contributed by atoms with E-state index in [4.69, 9.17) is 0 Å². The van der Waals surface area contributed by atoms with Crippen molar-refractivity contribution in [3.63, 3.8) is 0 Å². The van der Waals surface area contributed by atoms with Crippen LogP contribution in [0.1, 0.15) is 0 Å². The Balaban J connectivity index is 1.49. The summed E-state index contributed by atoms with van der Waals surface area (Å²) in [5.74, 6) is -1.23. The molecule has 0 aromatic heterocycles. The SMILES string of the molecule is O=C(CN1N=N[C@@H]2C(=O)N(c3ccc(Br)cc3)C(=O)[C@@H]21)Nc1ccccc1. The lowest BCUT2D eigenvalue weighted by atomic mass is 10.1. The normalized spacial score (nSPS) is 20.9. The third kappa shape index (κ3) is 3.21. The number of imide groups is 1. The Kier molecular flexibility index (Phi) is 4.44. The molecule has 27 heavy (non-hydrogen) atoms. The van der Waals surface area contributed by atoms with Gasteiger partial charge in [-0.05, 0) is 36.4 Å². The van der Waals surface area contributed by atoms with Crippen molar-refractivity contribution in [2.45, 2.75) is 12.1 Å². The molecule has 0 bridgehead atoms. The number of benzene rings is 2. The van der Waals surface area contributed by atoms with Crippen molar-refractivity contribution in [2.24, 2.45) is 10.3 Å². The number of carbonyl (C=O) groups excluding carboxylic acids is 3. The monoisotopic (exact) mass is 427 g/mol. The van der Waals surface area contributed by atoms with E-state index >= 15 is 0 Å². The summed E-state index contributed by atoms with van der Waals surface area (Å²) in [6, 6.07) is 14.0. The molecular formula is C18H14BrN5O3. The zero-order chi connectivity index (χ0) is 19.0. The van der Waals surface area contributed by atoms with Crippen LogP contribution in [0.4, 0.5) is 11.4 Å². The number of amides is 3. The van der Waals surface area contributed by atoms with Gasteiger partial charge in [0.05, 0.1) is 5.69 Å². The summed E-state index contributed by atoms with van der Waals surface area (Å²) in [6.45, 7) is -0.174. The zero-order valence-corrected chi connectivity index (χ0v) is 15.5. The molecule has 9 heteroatoms. The Morgan fingerprint density at radius 3 is 2.44 bits per heavy atom. The standard InChI is InChI=1S/C18H14BrN5O3/c19-11-6-8-13(9-7-11)24-17(26)15-16(18(24)27)23(22-21-15)10-14(25)20-12-4-2-1-3-5-12/h1-9,15-16H,10H2,(H,20,25)/t15-,16+/m0/s1. The highest BCUT2D eigenvalue weighted by Crippen LogP contribution is 2.32. The van der Waals surface area contributed by atoms with E-state index in [9.17, 15) is 14.4 Å². The van der Waals surface area contributed by atoms with Gasteiger partial charge in [-0.1, -0.05) is 39.4 Å². The van der Waals surface area contributed by atoms with Gasteiger partial charge in [0, 0.05) is 10.2 Å². The molecule has 1 saturated heterocycles. The minimum Gasteiger partial charge on any atom is -0.324 e. The predicted molar refractivity (Wildman–Crippen MR) is 101 cm³/mol. The van der Waals surface area contributed by atoms with Crippen LogP contribution in [0.5, 0.6) is 0 Å². The van der Waals surface area contributed by atoms with Gasteiger partial charge >= 0.3 is 0 Å². The second kappa shape index (κ2) is 6.92. The summed E-state index contributed by atoms with van der Waals surface area (Å²) in [5.41, 5.74) is 1.10. The fourth-order valence-electron chi connectivity index (χ4n) is 3.07. The van der Waals surface area contributed by atoms with Gasteiger partial charge in [-0.15, -0.1) is 0 Å². The molecule has 0 unspecified atom stereocenters. The molecule has 2 aliphatic rings. The fraction of sp³-hybridized carbons (Fsp3) is 0.167. The van der Waals surface area contributed by atoms with Gasteiger partial charge in [-0.25, -0.2) is 4.90 Å². The highest BCUT2D eigenvalue weighted by Gasteiger charge is 2.55. The van der Waals surface area contributed by atoms with E-state index in [0.29, 0.717) is 11.4 Å². The Morgan fingerprint density at radius 2 is 1.74 bits per heavy atom. The molecule has 8 nitrogen and oxygen atoms in total. The molecule has 3 amide bonds. The van der Waals surface area contributed by atoms with Crippen molar-refractivity contribution in [2.75, 3.05) is 16.8 Å². The number of para-hydroxylation sites is 1. The first-order chi connectivity index (χ1) is 13.0. The first kappa shape index (κ1) is 17.3. The number of hydrogen-bond donors (Lipinski definition) is 1. The number of rotatable bonds is 4. The molecule has 0 radical (unpaired) electrons. The Bertz CT molecular complexity index is 932. The number of carbonyl (C=O) groups is 3. The molecule has 1 N–H and O–H groups in total. The first-order valence-corrected chi connectivity index (χ1v) is 8.99. The quantitative estimate of drug-likeness (QED) is 0.757. The van der Waals surface area contributed by atoms with Gasteiger partial charge < -0.3 is 5.32 Å². The van der Waals surface area contributed by atoms with Crippen LogP contribution in [-0.2, 0) is 14.4 Å². The smallest absolute Gasteiger partial charge is 0.263 e. The van der Waals surface area contributed by atoms with Gasteiger partial charge in [0.25, 0.3) is 11.8 Å². The minimum absolute atomic E-state index is 0.174. The van der Waals surface area contributed by atoms with Crippen molar-refractivity contribution < 1.29 is 14.4 Å². The second-order valence-electron chi connectivity index (χ2n) is 6.09. The highest BCUT2D eigenvalue weighted by atomic mass is 79.9. The predicted octanol–water partition coefficient (Wildman–Crippen LogP) is 2.38. The zero-order valence-electron chi connectivity index (χ0n) is 13.9. The molecule has 2 heterocycles. The van der Waals surface area contributed by atoms with Crippen molar-refractivity contribution in [1.29, 1.82) is 0 Å². The number of nitrogens with zero attached hydrogens (tertiary/aromatic N) is 4. The highest BCUT2D eigenvalue weighted by molar-refractivity contribution is 9.10. The molecule has 0 aliphatic carbocycles. The summed E-state index contributed by atoms with van der Waals surface area (Å²) >= 11 is 3.32. The van der Waals surface area contributed by atoms with E-state index in [1.165, 1.54) is 5.01 Å². The van der Waals surface area contributed by atoms with Gasteiger partial charge in [-0.3, -0.25) is 19.4 Å². The molecule has 2 aromatic carbocycles. The molecule has 2 aliphatic heterocycles. The lowest BCUT2D eigenvalue weighted by Gasteiger charge is -2.20. The van der Waals surface area contributed by atoms with Crippen molar-refractivity contribution in [3.8, 4) is 0 Å². The maximum atomic E-state index is 12.8. The number of anilines is 2. The average Bonchev–Trinajstić information content (AvgIpc) is 3.17. The second-order valence-corrected chi connectivity index (χ2v) is 7.01. The van der Waals surface area contributed by atoms with Crippen LogP contribution in [0.2, 0.25) is 0 Å². The lowest BCUT2D eigenvalue weighted by molar-refractivity contribution is -0.123. The summed E-state index contributed by atoms with van der Waals surface area (Å²) in [4.78, 5) is 38.8. The number of halogens is 1. The topological polar surface area (TPSA) is 94.4 Å². The van der Waals surface area contributed by atoms with E-state index in [-0.39, 0.29) is 12.5 Å². The molecule has 0 saturated carbocycles. The van der Waals surface area contributed by atoms with Crippen LogP contribution in [0.25, 0.3) is 0 Å². The van der Waals surface area contributed by atoms with E-state index in [2.05, 4.69) is 31.6 Å². The van der Waals surface area contributed by atoms with E-state index in [1.54, 1.807) is 48.5 Å². The number of hydrogen-bond acceptors (Lipinski definition) is 6. The Hall–Kier alpha value is -3.07. The van der Waals surface area contributed by atoms with Crippen LogP contribution in [-0.4, -0.2) is 41.4 Å². The van der Waals surface area contributed by atoms with E-state index < -0.39 is 23.9 Å². The van der Waals surface area contributed by atoms with Gasteiger partial charge in [-0.2, -0.15) is 5.11 Å². The van der Waals surface area contributed by atoms with Crippen LogP contribution >= 0.6 is 15.9 Å². The molecule has 0 spiro atoms. The third-order valence-electron chi connectivity index (χ3n) is 4.31. The molecule has 2 atom stereocenters. The molecular weight excluding hydrogens is 414 g/mol. The number of fused-ring (bicyclic) bond motifs is 1. The largest absolute Gasteiger partial charge is 0.324 e. The van der Waals surface area contributed by atoms with E-state index in [0.717, 1.165) is 9.37 Å². The molecule has 4 rings (SSSR count). The van der Waals surface area contributed by atoms with Crippen molar-refractivity contribution in [3.05, 3.63) is 59.1 Å². The Labute approximate surface area is 163 Å². The van der Waals surface area contributed by atoms with Crippen molar-refractivity contribution >= 4 is 45.0 Å². The summed E-state index contributed by atoms with van der Waals surface area (Å²) in [7, 11) is 0. The third-order valence-corrected chi connectivity index (χ3v) is 4.83. The van der Waals surface area contributed by atoms with Crippen LogP contribution in [0.3, 0.4) is 0 Å². The average molecular weight is 428 g/mol. The van der Waals surface area contributed by atoms with Crippen LogP contribution in [0, 0.1) is 0 Å². The maximum Gasteiger partial charge on any atom is 0.263 e. The van der Waals surface area contributed by atoms with E-state index in [1.807, 2.05) is 6.07 Å². The lowest BCUT2D eigenvalue weighted by Crippen LogP contribution is -2.43. The Morgan fingerprint density at radius 1 is 1.04 bits per heavy atom. The maximum absolute atomic E-state index is 12.8. The van der Waals surface area contributed by atoms with Crippen molar-refractivity contribution in [1.82, 2.24) is 5.01 Å². The van der Waals surface area contributed by atoms with Gasteiger partial charge in [0.2, 0.25) is 5.91 Å². The van der Waals surface area contributed by atoms with Crippen LogP contribution < -0.4 is 10.2 Å². The van der Waals surface area contributed by atoms with Gasteiger partial charge in [0.15, 0.2) is 12.1 Å². The molecule has 2 aromatic rings. The van der Waals surface area contributed by atoms with Gasteiger partial charge in [0.1, 0.15) is 6.54 Å². The summed E-state index contributed by atoms with van der Waals surface area (Å²) in [5, 5.41) is 11.8. The molecule has 136 valence electrons. The summed E-state index contributed by atoms with van der Waals surface area (Å²) in [6.07, 6.45) is 0. The first-order valence-electron chi connectivity index (χ1n) is 8.20. The van der Waals surface area contributed by atoms with Crippen LogP contribution in [0.15, 0.2) is 69.4 Å². The summed E-state index contributed by atoms with van der Waals surface area (Å²) < 4.78 is 0.837. The number of nitrogens with one attached hydrogen (secondary N) is 1. The minimum atomic E-state index is -0.925.